The second kappa shape index (κ2) is 4.45. The minimum atomic E-state index is 0.380. The molecule has 0 aromatic carbocycles. The average molecular weight is 235 g/mol. The molecule has 1 N–H and O–H groups in total. The molecule has 1 aliphatic carbocycles. The summed E-state index contributed by atoms with van der Waals surface area (Å²) < 4.78 is 2.37. The molecule has 1 aliphatic rings. The molecule has 0 spiro atoms. The van der Waals surface area contributed by atoms with Gasteiger partial charge in [-0.25, -0.2) is 4.98 Å². The van der Waals surface area contributed by atoms with Gasteiger partial charge in [0.15, 0.2) is 0 Å². The Kier molecular flexibility index (Phi) is 3.30. The van der Waals surface area contributed by atoms with Gasteiger partial charge in [0.25, 0.3) is 0 Å². The van der Waals surface area contributed by atoms with Crippen molar-refractivity contribution in [3.63, 3.8) is 0 Å². The van der Waals surface area contributed by atoms with E-state index in [1.54, 1.807) is 0 Å². The smallest absolute Gasteiger partial charge is 0.0954 e. The number of imidazole rings is 1. The van der Waals surface area contributed by atoms with Crippen molar-refractivity contribution in [1.82, 2.24) is 14.9 Å². The van der Waals surface area contributed by atoms with Crippen LogP contribution in [0.3, 0.4) is 0 Å². The van der Waals surface area contributed by atoms with Crippen molar-refractivity contribution in [2.75, 3.05) is 6.54 Å². The zero-order valence-corrected chi connectivity index (χ0v) is 11.7. The summed E-state index contributed by atoms with van der Waals surface area (Å²) in [5.41, 5.74) is 2.85. The van der Waals surface area contributed by atoms with Crippen molar-refractivity contribution in [3.8, 4) is 0 Å². The molecule has 1 saturated carbocycles. The highest BCUT2D eigenvalue weighted by molar-refractivity contribution is 5.13. The summed E-state index contributed by atoms with van der Waals surface area (Å²) in [5.74, 6) is 0. The van der Waals surface area contributed by atoms with Gasteiger partial charge in [-0.05, 0) is 38.6 Å². The molecule has 2 unspecified atom stereocenters. The lowest BCUT2D eigenvalue weighted by molar-refractivity contribution is 0.251. The highest BCUT2D eigenvalue weighted by atomic mass is 15.1. The summed E-state index contributed by atoms with van der Waals surface area (Å²) in [7, 11) is 0. The lowest BCUT2D eigenvalue weighted by atomic mass is 9.86. The van der Waals surface area contributed by atoms with Crippen molar-refractivity contribution in [1.29, 1.82) is 0 Å². The van der Waals surface area contributed by atoms with Crippen molar-refractivity contribution in [3.05, 3.63) is 17.7 Å². The molecular formula is C14H25N3. The molecule has 3 nitrogen and oxygen atoms in total. The summed E-state index contributed by atoms with van der Waals surface area (Å²) in [6.45, 7) is 12.2. The van der Waals surface area contributed by atoms with Gasteiger partial charge in [0.1, 0.15) is 0 Å². The minimum Gasteiger partial charge on any atom is -0.330 e. The van der Waals surface area contributed by atoms with E-state index in [4.69, 9.17) is 0 Å². The summed E-state index contributed by atoms with van der Waals surface area (Å²) in [5, 5.41) is 3.67. The molecular weight excluding hydrogens is 210 g/mol. The number of hydrogen-bond acceptors (Lipinski definition) is 2. The lowest BCUT2D eigenvalue weighted by Gasteiger charge is -2.32. The van der Waals surface area contributed by atoms with Crippen molar-refractivity contribution in [2.24, 2.45) is 5.41 Å². The molecule has 0 bridgehead atoms. The molecule has 1 aromatic heterocycles. The first kappa shape index (κ1) is 12.6. The molecule has 1 heterocycles. The fraction of sp³-hybridized carbons (Fsp3) is 0.786. The van der Waals surface area contributed by atoms with E-state index in [0.29, 0.717) is 17.5 Å². The highest BCUT2D eigenvalue weighted by Crippen LogP contribution is 2.44. The Morgan fingerprint density at radius 3 is 2.71 bits per heavy atom. The highest BCUT2D eigenvalue weighted by Gasteiger charge is 2.42. The lowest BCUT2D eigenvalue weighted by Crippen LogP contribution is -2.42. The topological polar surface area (TPSA) is 29.9 Å². The Hall–Kier alpha value is -0.830. The van der Waals surface area contributed by atoms with Gasteiger partial charge < -0.3 is 9.88 Å². The fourth-order valence-electron chi connectivity index (χ4n) is 3.14. The second-order valence-electron chi connectivity index (χ2n) is 5.95. The van der Waals surface area contributed by atoms with Gasteiger partial charge in [-0.3, -0.25) is 0 Å². The third kappa shape index (κ3) is 2.13. The number of aryl methyl sites for hydroxylation is 1. The molecule has 17 heavy (non-hydrogen) atoms. The Morgan fingerprint density at radius 2 is 2.18 bits per heavy atom. The van der Waals surface area contributed by atoms with Gasteiger partial charge in [0.2, 0.25) is 0 Å². The van der Waals surface area contributed by atoms with E-state index in [9.17, 15) is 0 Å². The van der Waals surface area contributed by atoms with Gasteiger partial charge >= 0.3 is 0 Å². The Morgan fingerprint density at radius 1 is 1.47 bits per heavy atom. The van der Waals surface area contributed by atoms with Crippen LogP contribution in [0.2, 0.25) is 0 Å². The first-order valence-electron chi connectivity index (χ1n) is 6.70. The summed E-state index contributed by atoms with van der Waals surface area (Å²) in [6, 6.07) is 1.12. The van der Waals surface area contributed by atoms with E-state index >= 15 is 0 Å². The maximum Gasteiger partial charge on any atom is 0.0954 e. The molecule has 1 aromatic rings. The van der Waals surface area contributed by atoms with Crippen LogP contribution >= 0.6 is 0 Å². The minimum absolute atomic E-state index is 0.380. The zero-order chi connectivity index (χ0) is 12.6. The predicted molar refractivity (Wildman–Crippen MR) is 71.2 cm³/mol. The summed E-state index contributed by atoms with van der Waals surface area (Å²) in [6.07, 6.45) is 4.55. The Labute approximate surface area is 105 Å². The molecule has 0 amide bonds. The van der Waals surface area contributed by atoms with Crippen LogP contribution in [-0.2, 0) is 0 Å². The van der Waals surface area contributed by atoms with Crippen LogP contribution in [-0.4, -0.2) is 22.1 Å². The monoisotopic (exact) mass is 235 g/mol. The number of aromatic nitrogens is 2. The van der Waals surface area contributed by atoms with Crippen molar-refractivity contribution >= 4 is 0 Å². The predicted octanol–water partition coefficient (Wildman–Crippen LogP) is 2.84. The fourth-order valence-corrected chi connectivity index (χ4v) is 3.14. The molecule has 2 rings (SSSR count). The van der Waals surface area contributed by atoms with E-state index in [1.807, 2.05) is 6.33 Å². The maximum atomic E-state index is 4.44. The van der Waals surface area contributed by atoms with Crippen LogP contribution in [0.5, 0.6) is 0 Å². The van der Waals surface area contributed by atoms with E-state index in [2.05, 4.69) is 49.5 Å². The third-order valence-electron chi connectivity index (χ3n) is 4.38. The van der Waals surface area contributed by atoms with Crippen molar-refractivity contribution < 1.29 is 0 Å². The Balaban J connectivity index is 2.29. The van der Waals surface area contributed by atoms with Crippen LogP contribution in [0, 0.1) is 19.3 Å². The largest absolute Gasteiger partial charge is 0.330 e. The van der Waals surface area contributed by atoms with Crippen LogP contribution in [0.15, 0.2) is 6.33 Å². The number of rotatable bonds is 3. The van der Waals surface area contributed by atoms with E-state index < -0.39 is 0 Å². The van der Waals surface area contributed by atoms with E-state index in [1.165, 1.54) is 18.5 Å². The molecule has 96 valence electrons. The number of nitrogens with one attached hydrogen (secondary N) is 1. The summed E-state index contributed by atoms with van der Waals surface area (Å²) >= 11 is 0. The van der Waals surface area contributed by atoms with Gasteiger partial charge in [-0.2, -0.15) is 0 Å². The quantitative estimate of drug-likeness (QED) is 0.873. The normalized spacial score (nSPS) is 27.6. The van der Waals surface area contributed by atoms with E-state index in [-0.39, 0.29) is 0 Å². The van der Waals surface area contributed by atoms with Gasteiger partial charge in [0.05, 0.1) is 18.1 Å². The first-order valence-corrected chi connectivity index (χ1v) is 6.70. The van der Waals surface area contributed by atoms with E-state index in [0.717, 1.165) is 12.2 Å². The number of likely N-dealkylation sites (N-methyl/N-ethyl adjacent to an activating group) is 1. The van der Waals surface area contributed by atoms with Crippen molar-refractivity contribution in [2.45, 2.75) is 59.5 Å². The average Bonchev–Trinajstić information content (AvgIpc) is 2.73. The number of nitrogens with zero attached hydrogens (tertiary/aromatic N) is 2. The standard InChI is InChI=1S/C14H25N3/c1-6-15-13-12(7-8-14(13,4)5)17-9-16-10(2)11(17)3/h9,12-13,15H,6-8H2,1-5H3. The van der Waals surface area contributed by atoms with Gasteiger partial charge in [0, 0.05) is 11.7 Å². The first-order chi connectivity index (χ1) is 7.97. The zero-order valence-electron chi connectivity index (χ0n) is 11.7. The maximum absolute atomic E-state index is 4.44. The second-order valence-corrected chi connectivity index (χ2v) is 5.95. The van der Waals surface area contributed by atoms with Gasteiger partial charge in [-0.1, -0.05) is 20.8 Å². The molecule has 3 heteroatoms. The van der Waals surface area contributed by atoms with Crippen LogP contribution in [0.4, 0.5) is 0 Å². The molecule has 2 atom stereocenters. The van der Waals surface area contributed by atoms with Gasteiger partial charge in [-0.15, -0.1) is 0 Å². The summed E-state index contributed by atoms with van der Waals surface area (Å²) in [4.78, 5) is 4.44. The molecule has 0 saturated heterocycles. The number of hydrogen-bond donors (Lipinski definition) is 1. The molecule has 0 aliphatic heterocycles. The van der Waals surface area contributed by atoms with Crippen LogP contribution < -0.4 is 5.32 Å². The van der Waals surface area contributed by atoms with Crippen LogP contribution in [0.1, 0.15) is 51.0 Å². The Bertz CT molecular complexity index is 392. The molecule has 1 fully saturated rings. The third-order valence-corrected chi connectivity index (χ3v) is 4.38. The molecule has 0 radical (unpaired) electrons. The SMILES string of the molecule is CCNC1C(n2cnc(C)c2C)CCC1(C)C. The van der Waals surface area contributed by atoms with Crippen LogP contribution in [0.25, 0.3) is 0 Å².